The number of carbonyl (C=O) groups is 1. The molecule has 1 atom stereocenters. The number of benzene rings is 1. The molecule has 1 saturated heterocycles. The minimum absolute atomic E-state index is 0.115. The number of hydrogen-bond donors (Lipinski definition) is 1. The fourth-order valence-electron chi connectivity index (χ4n) is 3.34. The van der Waals surface area contributed by atoms with Crippen LogP contribution in [0.15, 0.2) is 41.3 Å². The summed E-state index contributed by atoms with van der Waals surface area (Å²) >= 11 is 0. The number of rotatable bonds is 5. The van der Waals surface area contributed by atoms with Crippen molar-refractivity contribution in [2.45, 2.75) is 32.7 Å². The number of halogens is 1. The lowest BCUT2D eigenvalue weighted by Gasteiger charge is -2.33. The van der Waals surface area contributed by atoms with E-state index < -0.39 is 0 Å². The summed E-state index contributed by atoms with van der Waals surface area (Å²) in [5.74, 6) is -0.311. The smallest absolute Gasteiger partial charge is 0.268 e. The fraction of sp³-hybridized carbons (Fsp3) is 0.421. The van der Waals surface area contributed by atoms with Gasteiger partial charge in [-0.05, 0) is 43.9 Å². The molecular weight excluding hydrogens is 335 g/mol. The van der Waals surface area contributed by atoms with Crippen LogP contribution in [0.2, 0.25) is 0 Å². The van der Waals surface area contributed by atoms with Crippen LogP contribution in [0.1, 0.15) is 26.2 Å². The van der Waals surface area contributed by atoms with Crippen molar-refractivity contribution in [1.82, 2.24) is 9.78 Å². The predicted molar refractivity (Wildman–Crippen MR) is 98.8 cm³/mol. The van der Waals surface area contributed by atoms with Crippen LogP contribution in [0.25, 0.3) is 0 Å². The highest BCUT2D eigenvalue weighted by molar-refractivity contribution is 5.90. The summed E-state index contributed by atoms with van der Waals surface area (Å²) in [5.41, 5.74) is 1.15. The number of nitrogens with zero attached hydrogens (tertiary/aromatic N) is 3. The standard InChI is InChI=1S/C19H23FN4O2/c1-2-24-19(26)11-17(12-21-24)23-8-4-5-14(13-23)9-18(25)22-16-7-3-6-15(20)10-16/h3,6-7,10-12,14H,2,4-5,8-9,13H2,1H3,(H,22,25). The van der Waals surface area contributed by atoms with Crippen LogP contribution in [0.4, 0.5) is 15.8 Å². The van der Waals surface area contributed by atoms with Crippen LogP contribution < -0.4 is 15.8 Å². The van der Waals surface area contributed by atoms with E-state index in [1.165, 1.54) is 16.8 Å². The molecule has 6 nitrogen and oxygen atoms in total. The molecule has 1 unspecified atom stereocenters. The van der Waals surface area contributed by atoms with Crippen LogP contribution in [-0.2, 0) is 11.3 Å². The monoisotopic (exact) mass is 358 g/mol. The maximum Gasteiger partial charge on any atom is 0.268 e. The van der Waals surface area contributed by atoms with Gasteiger partial charge in [-0.25, -0.2) is 9.07 Å². The van der Waals surface area contributed by atoms with E-state index >= 15 is 0 Å². The lowest BCUT2D eigenvalue weighted by atomic mass is 9.94. The molecule has 138 valence electrons. The summed E-state index contributed by atoms with van der Waals surface area (Å²) in [6.45, 7) is 3.97. The Bertz CT molecular complexity index is 836. The first-order valence-corrected chi connectivity index (χ1v) is 8.92. The van der Waals surface area contributed by atoms with E-state index in [0.717, 1.165) is 25.1 Å². The molecule has 1 aliphatic rings. The van der Waals surface area contributed by atoms with Gasteiger partial charge < -0.3 is 10.2 Å². The third-order valence-electron chi connectivity index (χ3n) is 4.62. The second-order valence-electron chi connectivity index (χ2n) is 6.58. The molecule has 1 aromatic heterocycles. The van der Waals surface area contributed by atoms with Crippen LogP contribution in [0.5, 0.6) is 0 Å². The largest absolute Gasteiger partial charge is 0.370 e. The summed E-state index contributed by atoms with van der Waals surface area (Å²) in [5, 5.41) is 6.92. The first kappa shape index (κ1) is 18.1. The highest BCUT2D eigenvalue weighted by Gasteiger charge is 2.23. The molecular formula is C19H23FN4O2. The lowest BCUT2D eigenvalue weighted by molar-refractivity contribution is -0.117. The number of hydrogen-bond acceptors (Lipinski definition) is 4. The third kappa shape index (κ3) is 4.47. The zero-order valence-corrected chi connectivity index (χ0v) is 14.8. The average molecular weight is 358 g/mol. The van der Waals surface area contributed by atoms with E-state index in [4.69, 9.17) is 0 Å². The van der Waals surface area contributed by atoms with Gasteiger partial charge >= 0.3 is 0 Å². The molecule has 1 fully saturated rings. The van der Waals surface area contributed by atoms with Crippen molar-refractivity contribution in [3.63, 3.8) is 0 Å². The number of anilines is 2. The van der Waals surface area contributed by atoms with E-state index in [0.29, 0.717) is 25.2 Å². The SMILES string of the molecule is CCn1ncc(N2CCCC(CC(=O)Nc3cccc(F)c3)C2)cc1=O. The molecule has 0 aliphatic carbocycles. The lowest BCUT2D eigenvalue weighted by Crippen LogP contribution is -2.38. The van der Waals surface area contributed by atoms with Crippen LogP contribution in [-0.4, -0.2) is 28.8 Å². The number of nitrogens with one attached hydrogen (secondary N) is 1. The Labute approximate surface area is 151 Å². The molecule has 0 saturated carbocycles. The van der Waals surface area contributed by atoms with Crippen molar-refractivity contribution in [3.05, 3.63) is 52.7 Å². The van der Waals surface area contributed by atoms with Gasteiger partial charge in [-0.3, -0.25) is 9.59 Å². The summed E-state index contributed by atoms with van der Waals surface area (Å²) < 4.78 is 14.6. The zero-order valence-electron chi connectivity index (χ0n) is 14.8. The van der Waals surface area contributed by atoms with E-state index in [9.17, 15) is 14.0 Å². The maximum atomic E-state index is 13.2. The summed E-state index contributed by atoms with van der Waals surface area (Å²) in [6.07, 6.45) is 3.98. The van der Waals surface area contributed by atoms with Crippen molar-refractivity contribution >= 4 is 17.3 Å². The Kier molecular flexibility index (Phi) is 5.65. The Hall–Kier alpha value is -2.70. The van der Waals surface area contributed by atoms with Crippen LogP contribution >= 0.6 is 0 Å². The number of carbonyl (C=O) groups excluding carboxylic acids is 1. The Morgan fingerprint density at radius 2 is 2.23 bits per heavy atom. The summed E-state index contributed by atoms with van der Waals surface area (Å²) in [7, 11) is 0. The van der Waals surface area contributed by atoms with Crippen molar-refractivity contribution < 1.29 is 9.18 Å². The molecule has 26 heavy (non-hydrogen) atoms. The molecule has 7 heteroatoms. The third-order valence-corrected chi connectivity index (χ3v) is 4.62. The normalized spacial score (nSPS) is 17.2. The van der Waals surface area contributed by atoms with Crippen molar-refractivity contribution in [2.75, 3.05) is 23.3 Å². The van der Waals surface area contributed by atoms with Gasteiger partial charge in [0.15, 0.2) is 0 Å². The molecule has 3 rings (SSSR count). The second-order valence-corrected chi connectivity index (χ2v) is 6.58. The quantitative estimate of drug-likeness (QED) is 0.892. The van der Waals surface area contributed by atoms with Gasteiger partial charge in [-0.15, -0.1) is 0 Å². The first-order chi connectivity index (χ1) is 12.5. The Morgan fingerprint density at radius 3 is 2.96 bits per heavy atom. The topological polar surface area (TPSA) is 67.2 Å². The molecule has 2 aromatic rings. The Balaban J connectivity index is 1.60. The molecule has 1 amide bonds. The minimum Gasteiger partial charge on any atom is -0.370 e. The van der Waals surface area contributed by atoms with Gasteiger partial charge in [0.25, 0.3) is 5.56 Å². The zero-order chi connectivity index (χ0) is 18.5. The average Bonchev–Trinajstić information content (AvgIpc) is 2.61. The van der Waals surface area contributed by atoms with Crippen LogP contribution in [0, 0.1) is 11.7 Å². The Morgan fingerprint density at radius 1 is 1.38 bits per heavy atom. The van der Waals surface area contributed by atoms with E-state index in [1.807, 2.05) is 6.92 Å². The summed E-state index contributed by atoms with van der Waals surface area (Å²) in [4.78, 5) is 26.3. The molecule has 0 bridgehead atoms. The van der Waals surface area contributed by atoms with Gasteiger partial charge in [-0.1, -0.05) is 6.07 Å². The predicted octanol–water partition coefficient (Wildman–Crippen LogP) is 2.65. The van der Waals surface area contributed by atoms with E-state index in [2.05, 4.69) is 15.3 Å². The van der Waals surface area contributed by atoms with Crippen LogP contribution in [0.3, 0.4) is 0 Å². The van der Waals surface area contributed by atoms with E-state index in [1.54, 1.807) is 24.4 Å². The van der Waals surface area contributed by atoms with Crippen molar-refractivity contribution in [1.29, 1.82) is 0 Å². The molecule has 1 N–H and O–H groups in total. The highest BCUT2D eigenvalue weighted by atomic mass is 19.1. The van der Waals surface area contributed by atoms with E-state index in [-0.39, 0.29) is 23.2 Å². The van der Waals surface area contributed by atoms with Gasteiger partial charge in [-0.2, -0.15) is 5.10 Å². The molecule has 2 heterocycles. The number of amides is 1. The van der Waals surface area contributed by atoms with Crippen molar-refractivity contribution in [2.24, 2.45) is 5.92 Å². The fourth-order valence-corrected chi connectivity index (χ4v) is 3.34. The molecule has 0 radical (unpaired) electrons. The second kappa shape index (κ2) is 8.12. The molecule has 1 aliphatic heterocycles. The van der Waals surface area contributed by atoms with Gasteiger partial charge in [0.2, 0.25) is 5.91 Å². The number of aromatic nitrogens is 2. The molecule has 1 aromatic carbocycles. The van der Waals surface area contributed by atoms with Crippen molar-refractivity contribution in [3.8, 4) is 0 Å². The van der Waals surface area contributed by atoms with Gasteiger partial charge in [0.05, 0.1) is 11.9 Å². The first-order valence-electron chi connectivity index (χ1n) is 8.92. The number of piperidine rings is 1. The highest BCUT2D eigenvalue weighted by Crippen LogP contribution is 2.24. The maximum absolute atomic E-state index is 13.2. The number of aryl methyl sites for hydroxylation is 1. The molecule has 0 spiro atoms. The van der Waals surface area contributed by atoms with Gasteiger partial charge in [0, 0.05) is 37.8 Å². The summed E-state index contributed by atoms with van der Waals surface area (Å²) in [6, 6.07) is 7.49. The minimum atomic E-state index is -0.374. The van der Waals surface area contributed by atoms with Gasteiger partial charge in [0.1, 0.15) is 5.82 Å².